The van der Waals surface area contributed by atoms with Crippen LogP contribution in [-0.2, 0) is 9.22 Å². The Morgan fingerprint density at radius 1 is 1.10 bits per heavy atom. The molecular weight excluding hydrogens is 402 g/mol. The van der Waals surface area contributed by atoms with Crippen LogP contribution in [0.1, 0.15) is 33.6 Å². The summed E-state index contributed by atoms with van der Waals surface area (Å²) in [5.74, 6) is -0.0254. The smallest absolute Gasteiger partial charge is 0.261 e. The predicted molar refractivity (Wildman–Crippen MR) is 130 cm³/mol. The molecule has 0 aliphatic rings. The van der Waals surface area contributed by atoms with Crippen LogP contribution in [0, 0.1) is 11.8 Å². The zero-order chi connectivity index (χ0) is 22.7. The van der Waals surface area contributed by atoms with Crippen molar-refractivity contribution in [3.63, 3.8) is 0 Å². The van der Waals surface area contributed by atoms with E-state index in [1.54, 1.807) is 6.08 Å². The number of aldehydes is 1. The monoisotopic (exact) mass is 435 g/mol. The third-order valence-corrected chi connectivity index (χ3v) is 10.9. The summed E-state index contributed by atoms with van der Waals surface area (Å²) in [5, 5.41) is 6.06. The topological polar surface area (TPSA) is 75.1 Å². The van der Waals surface area contributed by atoms with Crippen LogP contribution in [0.4, 0.5) is 0 Å². The normalized spacial score (nSPS) is 13.6. The fraction of sp³-hybridized carbons (Fsp3) is 0.400. The van der Waals surface area contributed by atoms with Crippen molar-refractivity contribution in [2.24, 2.45) is 17.0 Å². The lowest BCUT2D eigenvalue weighted by atomic mass is 9.87. The minimum atomic E-state index is -2.61. The summed E-state index contributed by atoms with van der Waals surface area (Å²) in [4.78, 5) is 14.2. The highest BCUT2D eigenvalue weighted by molar-refractivity contribution is 6.99. The summed E-state index contributed by atoms with van der Waals surface area (Å²) in [6, 6.07) is 21.0. The Balaban J connectivity index is 2.39. The van der Waals surface area contributed by atoms with Crippen molar-refractivity contribution in [2.75, 3.05) is 13.2 Å². The third-order valence-electron chi connectivity index (χ3n) is 5.89. The van der Waals surface area contributed by atoms with Gasteiger partial charge in [0.1, 0.15) is 6.29 Å². The van der Waals surface area contributed by atoms with Gasteiger partial charge in [-0.1, -0.05) is 92.6 Å². The second-order valence-electron chi connectivity index (χ2n) is 8.78. The molecule has 6 heteroatoms. The van der Waals surface area contributed by atoms with Gasteiger partial charge in [0, 0.05) is 24.5 Å². The average molecular weight is 436 g/mol. The molecule has 0 amide bonds. The highest BCUT2D eigenvalue weighted by atomic mass is 28.4. The number of rotatable bonds is 12. The molecule has 0 bridgehead atoms. The van der Waals surface area contributed by atoms with Gasteiger partial charge in [0.15, 0.2) is 0 Å². The van der Waals surface area contributed by atoms with Crippen LogP contribution < -0.4 is 10.4 Å². The second kappa shape index (κ2) is 11.7. The maximum Gasteiger partial charge on any atom is 0.261 e. The molecule has 2 aromatic rings. The maximum absolute atomic E-state index is 11.3. The number of carbonyl (C=O) groups is 1. The fourth-order valence-corrected chi connectivity index (χ4v) is 8.88. The van der Waals surface area contributed by atoms with Gasteiger partial charge < -0.3 is 9.22 Å². The van der Waals surface area contributed by atoms with Gasteiger partial charge in [-0.2, -0.15) is 0 Å². The van der Waals surface area contributed by atoms with Crippen molar-refractivity contribution in [3.05, 3.63) is 83.8 Å². The van der Waals surface area contributed by atoms with E-state index >= 15 is 0 Å². The van der Waals surface area contributed by atoms with Crippen LogP contribution in [0.25, 0.3) is 10.4 Å². The van der Waals surface area contributed by atoms with E-state index in [0.717, 1.165) is 6.29 Å². The largest absolute Gasteiger partial charge is 0.407 e. The van der Waals surface area contributed by atoms with Crippen LogP contribution >= 0.6 is 0 Å². The molecule has 0 aliphatic carbocycles. The molecule has 0 aromatic heterocycles. The van der Waals surface area contributed by atoms with Crippen molar-refractivity contribution in [1.29, 1.82) is 0 Å². The standard InChI is InChI=1S/C25H33N3O2Si/c1-5-21(20-27-28-26)22(16-18-29)17-19-30-31(25(2,3)4,23-12-8-6-9-13-23)24-14-10-7-11-15-24/h5-15,18,21-22H,1,16-17,19-20H2,2-4H3/t21-,22+/m0/s1. The highest BCUT2D eigenvalue weighted by Gasteiger charge is 2.50. The fourth-order valence-electron chi connectivity index (χ4n) is 4.30. The van der Waals surface area contributed by atoms with Crippen molar-refractivity contribution >= 4 is 25.0 Å². The first-order valence-corrected chi connectivity index (χ1v) is 12.6. The van der Waals surface area contributed by atoms with Crippen molar-refractivity contribution < 1.29 is 9.22 Å². The molecule has 164 valence electrons. The van der Waals surface area contributed by atoms with Gasteiger partial charge in [-0.25, -0.2) is 0 Å². The molecule has 2 aromatic carbocycles. The quantitative estimate of drug-likeness (QED) is 0.114. The molecule has 2 rings (SSSR count). The first-order chi connectivity index (χ1) is 14.9. The van der Waals surface area contributed by atoms with E-state index in [4.69, 9.17) is 9.96 Å². The van der Waals surface area contributed by atoms with Gasteiger partial charge in [-0.3, -0.25) is 0 Å². The number of nitrogens with zero attached hydrogens (tertiary/aromatic N) is 3. The SMILES string of the molecule is C=C[C@@H](CN=[N+]=[N-])[C@H](CC=O)CCO[Si](c1ccccc1)(c1ccccc1)C(C)(C)C. The van der Waals surface area contributed by atoms with Gasteiger partial charge >= 0.3 is 0 Å². The van der Waals surface area contributed by atoms with E-state index in [1.807, 2.05) is 12.1 Å². The Morgan fingerprint density at radius 3 is 2.06 bits per heavy atom. The van der Waals surface area contributed by atoms with E-state index in [0.29, 0.717) is 26.0 Å². The summed E-state index contributed by atoms with van der Waals surface area (Å²) in [6.45, 7) is 11.4. The van der Waals surface area contributed by atoms with Gasteiger partial charge in [-0.15, -0.1) is 6.58 Å². The Hall–Kier alpha value is -2.66. The van der Waals surface area contributed by atoms with Crippen molar-refractivity contribution in [1.82, 2.24) is 0 Å². The Bertz CT molecular complexity index is 835. The minimum Gasteiger partial charge on any atom is -0.407 e. The lowest BCUT2D eigenvalue weighted by Crippen LogP contribution is -2.66. The third kappa shape index (κ3) is 5.94. The molecule has 2 atom stereocenters. The molecule has 31 heavy (non-hydrogen) atoms. The summed E-state index contributed by atoms with van der Waals surface area (Å²) >= 11 is 0. The average Bonchev–Trinajstić information content (AvgIpc) is 2.77. The van der Waals surface area contributed by atoms with Crippen LogP contribution in [-0.4, -0.2) is 27.8 Å². The van der Waals surface area contributed by atoms with Crippen LogP contribution in [0.15, 0.2) is 78.4 Å². The number of carbonyl (C=O) groups excluding carboxylic acids is 1. The first-order valence-electron chi connectivity index (χ1n) is 10.7. The van der Waals surface area contributed by atoms with Crippen LogP contribution in [0.2, 0.25) is 5.04 Å². The molecular formula is C25H33N3O2Si. The predicted octanol–water partition coefficient (Wildman–Crippen LogP) is 5.27. The molecule has 0 aliphatic heterocycles. The van der Waals surface area contributed by atoms with Gasteiger partial charge in [0.25, 0.3) is 8.32 Å². The van der Waals surface area contributed by atoms with E-state index in [9.17, 15) is 4.79 Å². The molecule has 0 N–H and O–H groups in total. The Kier molecular flexibility index (Phi) is 9.25. The van der Waals surface area contributed by atoms with Crippen LogP contribution in [0.3, 0.4) is 0 Å². The van der Waals surface area contributed by atoms with Gasteiger partial charge in [0.2, 0.25) is 0 Å². The molecule has 0 saturated heterocycles. The summed E-state index contributed by atoms with van der Waals surface area (Å²) in [7, 11) is -2.61. The Morgan fingerprint density at radius 2 is 1.65 bits per heavy atom. The molecule has 0 saturated carbocycles. The number of azide groups is 1. The first kappa shape index (κ1) is 24.6. The zero-order valence-electron chi connectivity index (χ0n) is 18.8. The molecule has 0 heterocycles. The number of hydrogen-bond donors (Lipinski definition) is 0. The molecule has 0 spiro atoms. The van der Waals surface area contributed by atoms with Crippen molar-refractivity contribution in [2.45, 2.75) is 38.7 Å². The van der Waals surface area contributed by atoms with Gasteiger partial charge in [0.05, 0.1) is 0 Å². The summed E-state index contributed by atoms with van der Waals surface area (Å²) in [6.07, 6.45) is 3.80. The number of benzene rings is 2. The molecule has 0 radical (unpaired) electrons. The summed E-state index contributed by atoms with van der Waals surface area (Å²) in [5.41, 5.74) is 8.68. The lowest BCUT2D eigenvalue weighted by Gasteiger charge is -2.43. The molecule has 0 unspecified atom stereocenters. The zero-order valence-corrected chi connectivity index (χ0v) is 19.8. The van der Waals surface area contributed by atoms with E-state index in [1.165, 1.54) is 10.4 Å². The van der Waals surface area contributed by atoms with Crippen molar-refractivity contribution in [3.8, 4) is 0 Å². The second-order valence-corrected chi connectivity index (χ2v) is 13.1. The summed E-state index contributed by atoms with van der Waals surface area (Å²) < 4.78 is 6.93. The molecule has 5 nitrogen and oxygen atoms in total. The Labute approximate surface area is 186 Å². The maximum atomic E-state index is 11.3. The van der Waals surface area contributed by atoms with Gasteiger partial charge in [-0.05, 0) is 39.2 Å². The number of hydrogen-bond acceptors (Lipinski definition) is 3. The van der Waals surface area contributed by atoms with E-state index < -0.39 is 8.32 Å². The highest BCUT2D eigenvalue weighted by Crippen LogP contribution is 2.37. The van der Waals surface area contributed by atoms with E-state index in [-0.39, 0.29) is 16.9 Å². The van der Waals surface area contributed by atoms with E-state index in [2.05, 4.69) is 85.9 Å². The molecule has 0 fully saturated rings. The van der Waals surface area contributed by atoms with Crippen LogP contribution in [0.5, 0.6) is 0 Å². The lowest BCUT2D eigenvalue weighted by molar-refractivity contribution is -0.108. The minimum absolute atomic E-state index is 0.0266.